The van der Waals surface area contributed by atoms with Crippen molar-refractivity contribution in [2.75, 3.05) is 40.3 Å². The lowest BCUT2D eigenvalue weighted by molar-refractivity contribution is -0.137. The number of carbonyl (C=O) groups is 1. The molecule has 26 heavy (non-hydrogen) atoms. The van der Waals surface area contributed by atoms with Gasteiger partial charge in [0.1, 0.15) is 6.33 Å². The summed E-state index contributed by atoms with van der Waals surface area (Å²) in [6.45, 7) is 7.99. The zero-order chi connectivity index (χ0) is 18.5. The topological polar surface area (TPSA) is 57.5 Å². The zero-order valence-electron chi connectivity index (χ0n) is 16.6. The molecule has 2 aliphatic heterocycles. The highest BCUT2D eigenvalue weighted by atomic mass is 16.2. The molecule has 0 aliphatic carbocycles. The fourth-order valence-corrected chi connectivity index (χ4v) is 4.33. The zero-order valence-corrected chi connectivity index (χ0v) is 16.6. The van der Waals surface area contributed by atoms with Gasteiger partial charge < -0.3 is 14.4 Å². The van der Waals surface area contributed by atoms with Gasteiger partial charge in [0.2, 0.25) is 5.91 Å². The smallest absolute Gasteiger partial charge is 0.227 e. The quantitative estimate of drug-likeness (QED) is 0.767. The van der Waals surface area contributed by atoms with Gasteiger partial charge in [-0.1, -0.05) is 6.92 Å². The predicted octanol–water partition coefficient (Wildman–Crippen LogP) is 1.45. The first-order valence-corrected chi connectivity index (χ1v) is 10.1. The minimum absolute atomic E-state index is 0.121. The highest BCUT2D eigenvalue weighted by molar-refractivity contribution is 5.78. The molecule has 146 valence electrons. The molecule has 0 bridgehead atoms. The van der Waals surface area contributed by atoms with E-state index in [2.05, 4.69) is 38.5 Å². The number of aryl methyl sites for hydroxylation is 1. The Bertz CT molecular complexity index is 580. The van der Waals surface area contributed by atoms with Crippen LogP contribution < -0.4 is 0 Å². The van der Waals surface area contributed by atoms with E-state index in [-0.39, 0.29) is 11.8 Å². The highest BCUT2D eigenvalue weighted by Gasteiger charge is 2.32. The average molecular weight is 363 g/mol. The number of amides is 1. The second-order valence-corrected chi connectivity index (χ2v) is 8.00. The molecule has 2 aliphatic rings. The molecular weight excluding hydrogens is 328 g/mol. The third-order valence-electron chi connectivity index (χ3n) is 5.92. The van der Waals surface area contributed by atoms with Crippen LogP contribution in [0.1, 0.15) is 44.9 Å². The van der Waals surface area contributed by atoms with E-state index in [1.807, 2.05) is 11.9 Å². The molecule has 1 amide bonds. The first-order chi connectivity index (χ1) is 12.6. The van der Waals surface area contributed by atoms with Crippen molar-refractivity contribution in [2.45, 2.75) is 58.2 Å². The number of nitrogens with zero attached hydrogens (tertiary/aromatic N) is 6. The Labute approximate surface area is 157 Å². The maximum absolute atomic E-state index is 13.0. The van der Waals surface area contributed by atoms with Gasteiger partial charge in [-0.15, -0.1) is 10.2 Å². The third kappa shape index (κ3) is 4.62. The number of hydrogen-bond acceptors (Lipinski definition) is 5. The molecule has 3 rings (SSSR count). The molecular formula is C19H34N6O. The lowest BCUT2D eigenvalue weighted by Crippen LogP contribution is -2.50. The van der Waals surface area contributed by atoms with Crippen molar-refractivity contribution in [2.24, 2.45) is 5.92 Å². The molecule has 0 aromatic carbocycles. The van der Waals surface area contributed by atoms with Gasteiger partial charge in [0, 0.05) is 26.2 Å². The normalized spacial score (nSPS) is 23.3. The Balaban J connectivity index is 1.55. The number of hydrogen-bond donors (Lipinski definition) is 0. The van der Waals surface area contributed by atoms with E-state index < -0.39 is 0 Å². The van der Waals surface area contributed by atoms with Gasteiger partial charge in [-0.2, -0.15) is 0 Å². The van der Waals surface area contributed by atoms with Crippen molar-refractivity contribution in [3.8, 4) is 0 Å². The van der Waals surface area contributed by atoms with E-state index >= 15 is 0 Å². The molecule has 1 atom stereocenters. The number of piperidine rings is 2. The van der Waals surface area contributed by atoms with Crippen LogP contribution in [0.5, 0.6) is 0 Å². The minimum atomic E-state index is 0.121. The summed E-state index contributed by atoms with van der Waals surface area (Å²) in [6, 6.07) is 0.653. The summed E-state index contributed by atoms with van der Waals surface area (Å²) >= 11 is 0. The Morgan fingerprint density at radius 2 is 2.04 bits per heavy atom. The van der Waals surface area contributed by atoms with Crippen molar-refractivity contribution in [1.82, 2.24) is 29.5 Å². The monoisotopic (exact) mass is 362 g/mol. The van der Waals surface area contributed by atoms with Crippen LogP contribution in [0.2, 0.25) is 0 Å². The summed E-state index contributed by atoms with van der Waals surface area (Å²) in [6.07, 6.45) is 7.40. The van der Waals surface area contributed by atoms with Gasteiger partial charge in [-0.25, -0.2) is 0 Å². The summed E-state index contributed by atoms with van der Waals surface area (Å²) in [5.41, 5.74) is 0. The van der Waals surface area contributed by atoms with Crippen molar-refractivity contribution >= 4 is 5.91 Å². The van der Waals surface area contributed by atoms with E-state index in [0.717, 1.165) is 44.7 Å². The number of aromatic nitrogens is 3. The molecule has 7 heteroatoms. The second-order valence-electron chi connectivity index (χ2n) is 8.00. The van der Waals surface area contributed by atoms with Crippen LogP contribution in [0.25, 0.3) is 0 Å². The SMILES string of the molecule is CCCn1cnnc1CN(C)C(=O)[C@H]1CCCN(C2CCN(C)CC2)C1. The minimum Gasteiger partial charge on any atom is -0.338 e. The van der Waals surface area contributed by atoms with Gasteiger partial charge >= 0.3 is 0 Å². The van der Waals surface area contributed by atoms with Crippen LogP contribution in [0.3, 0.4) is 0 Å². The summed E-state index contributed by atoms with van der Waals surface area (Å²) in [5.74, 6) is 1.26. The molecule has 0 saturated carbocycles. The predicted molar refractivity (Wildman–Crippen MR) is 102 cm³/mol. The maximum Gasteiger partial charge on any atom is 0.227 e. The summed E-state index contributed by atoms with van der Waals surface area (Å²) in [7, 11) is 4.10. The number of carbonyl (C=O) groups excluding carboxylic acids is 1. The van der Waals surface area contributed by atoms with Gasteiger partial charge in [-0.3, -0.25) is 9.69 Å². The molecule has 1 aromatic rings. The van der Waals surface area contributed by atoms with Crippen LogP contribution >= 0.6 is 0 Å². The van der Waals surface area contributed by atoms with E-state index in [1.165, 1.54) is 25.9 Å². The van der Waals surface area contributed by atoms with Crippen LogP contribution in [0, 0.1) is 5.92 Å². The molecule has 1 aromatic heterocycles. The second kappa shape index (κ2) is 8.95. The van der Waals surface area contributed by atoms with E-state index in [4.69, 9.17) is 0 Å². The fraction of sp³-hybridized carbons (Fsp3) is 0.842. The largest absolute Gasteiger partial charge is 0.338 e. The van der Waals surface area contributed by atoms with Crippen molar-refractivity contribution in [3.05, 3.63) is 12.2 Å². The number of likely N-dealkylation sites (tertiary alicyclic amines) is 2. The molecule has 0 N–H and O–H groups in total. The van der Waals surface area contributed by atoms with Gasteiger partial charge in [0.05, 0.1) is 12.5 Å². The van der Waals surface area contributed by atoms with Crippen molar-refractivity contribution in [3.63, 3.8) is 0 Å². The summed E-state index contributed by atoms with van der Waals surface area (Å²) in [4.78, 5) is 19.8. The Kier molecular flexibility index (Phi) is 6.64. The molecule has 0 radical (unpaired) electrons. The number of rotatable bonds is 6. The van der Waals surface area contributed by atoms with Gasteiger partial charge in [0.25, 0.3) is 0 Å². The highest BCUT2D eigenvalue weighted by Crippen LogP contribution is 2.25. The van der Waals surface area contributed by atoms with E-state index in [1.54, 1.807) is 6.33 Å². The third-order valence-corrected chi connectivity index (χ3v) is 5.92. The fourth-order valence-electron chi connectivity index (χ4n) is 4.33. The molecule has 0 spiro atoms. The first-order valence-electron chi connectivity index (χ1n) is 10.1. The molecule has 2 saturated heterocycles. The molecule has 7 nitrogen and oxygen atoms in total. The van der Waals surface area contributed by atoms with E-state index in [0.29, 0.717) is 12.6 Å². The summed E-state index contributed by atoms with van der Waals surface area (Å²) < 4.78 is 2.05. The van der Waals surface area contributed by atoms with Crippen molar-refractivity contribution < 1.29 is 4.79 Å². The standard InChI is InChI=1S/C19H34N6O/c1-4-9-25-15-20-21-18(25)14-23(3)19(26)16-6-5-10-24(13-16)17-7-11-22(2)12-8-17/h15-17H,4-14H2,1-3H3/t16-/m0/s1. The van der Waals surface area contributed by atoms with Crippen LogP contribution in [-0.2, 0) is 17.9 Å². The van der Waals surface area contributed by atoms with Gasteiger partial charge in [0.15, 0.2) is 5.82 Å². The lowest BCUT2D eigenvalue weighted by atomic mass is 9.93. The van der Waals surface area contributed by atoms with Crippen LogP contribution in [0.4, 0.5) is 0 Å². The van der Waals surface area contributed by atoms with E-state index in [9.17, 15) is 4.79 Å². The molecule has 0 unspecified atom stereocenters. The molecule has 2 fully saturated rings. The van der Waals surface area contributed by atoms with Crippen molar-refractivity contribution in [1.29, 1.82) is 0 Å². The Morgan fingerprint density at radius 1 is 1.27 bits per heavy atom. The summed E-state index contributed by atoms with van der Waals surface area (Å²) in [5, 5.41) is 8.21. The maximum atomic E-state index is 13.0. The van der Waals surface area contributed by atoms with Crippen LogP contribution in [-0.4, -0.2) is 81.7 Å². The first kappa shape index (κ1) is 19.3. The average Bonchev–Trinajstić information content (AvgIpc) is 3.09. The Hall–Kier alpha value is -1.47. The Morgan fingerprint density at radius 3 is 2.77 bits per heavy atom. The van der Waals surface area contributed by atoms with Gasteiger partial charge in [-0.05, 0) is 58.8 Å². The lowest BCUT2D eigenvalue weighted by Gasteiger charge is -2.41. The molecule has 3 heterocycles. The van der Waals surface area contributed by atoms with Crippen LogP contribution in [0.15, 0.2) is 6.33 Å².